The van der Waals surface area contributed by atoms with Crippen LogP contribution in [0.5, 0.6) is 11.5 Å². The van der Waals surface area contributed by atoms with Gasteiger partial charge in [-0.2, -0.15) is 5.26 Å². The number of methoxy groups -OCH3 is 1. The molecule has 0 saturated carbocycles. The minimum Gasteiger partial charge on any atom is -0.497 e. The predicted molar refractivity (Wildman–Crippen MR) is 129 cm³/mol. The third-order valence-corrected chi connectivity index (χ3v) is 5.21. The van der Waals surface area contributed by atoms with Crippen molar-refractivity contribution in [3.63, 3.8) is 0 Å². The molecule has 2 aromatic carbocycles. The number of benzene rings is 2. The lowest BCUT2D eigenvalue weighted by Crippen LogP contribution is -2.23. The molecule has 0 aliphatic carbocycles. The molecular weight excluding hydrogens is 414 g/mol. The number of nitrogens with zero attached hydrogens (tertiary/aromatic N) is 2. The maximum absolute atomic E-state index is 12.6. The quantitative estimate of drug-likeness (QED) is 0.291. The van der Waals surface area contributed by atoms with E-state index in [9.17, 15) is 10.1 Å². The van der Waals surface area contributed by atoms with Gasteiger partial charge in [-0.15, -0.1) is 0 Å². The third-order valence-electron chi connectivity index (χ3n) is 5.21. The van der Waals surface area contributed by atoms with Crippen molar-refractivity contribution in [3.05, 3.63) is 95.3 Å². The van der Waals surface area contributed by atoms with Crippen molar-refractivity contribution in [1.82, 2.24) is 9.88 Å². The largest absolute Gasteiger partial charge is 0.497 e. The van der Waals surface area contributed by atoms with Crippen LogP contribution < -0.4 is 14.8 Å². The molecule has 0 bridgehead atoms. The second kappa shape index (κ2) is 10.9. The molecule has 33 heavy (non-hydrogen) atoms. The Labute approximate surface area is 194 Å². The molecule has 3 aromatic rings. The third kappa shape index (κ3) is 5.72. The number of nitrogens with one attached hydrogen (secondary N) is 1. The summed E-state index contributed by atoms with van der Waals surface area (Å²) in [5, 5.41) is 12.4. The van der Waals surface area contributed by atoms with Gasteiger partial charge in [-0.25, -0.2) is 0 Å². The van der Waals surface area contributed by atoms with Crippen molar-refractivity contribution in [2.24, 2.45) is 0 Å². The van der Waals surface area contributed by atoms with Crippen LogP contribution in [0.25, 0.3) is 11.8 Å². The molecule has 0 fully saturated rings. The maximum Gasteiger partial charge on any atom is 0.262 e. The van der Waals surface area contributed by atoms with Crippen LogP contribution in [0.1, 0.15) is 22.5 Å². The van der Waals surface area contributed by atoms with Crippen LogP contribution in [0.15, 0.2) is 72.8 Å². The Hall–Kier alpha value is -4.24. The fraction of sp³-hybridized carbons (Fsp3) is 0.185. The molecule has 0 aliphatic rings. The zero-order chi connectivity index (χ0) is 23.8. The number of carbonyl (C=O) groups is 1. The summed E-state index contributed by atoms with van der Waals surface area (Å²) in [5.74, 6) is 1.10. The van der Waals surface area contributed by atoms with Crippen molar-refractivity contribution in [3.8, 4) is 23.3 Å². The first-order valence-electron chi connectivity index (χ1n) is 10.5. The van der Waals surface area contributed by atoms with Gasteiger partial charge >= 0.3 is 0 Å². The van der Waals surface area contributed by atoms with E-state index in [0.717, 1.165) is 39.7 Å². The molecule has 0 radical (unpaired) electrons. The highest BCUT2D eigenvalue weighted by Crippen LogP contribution is 2.24. The summed E-state index contributed by atoms with van der Waals surface area (Å²) in [7, 11) is 1.60. The summed E-state index contributed by atoms with van der Waals surface area (Å²) < 4.78 is 12.8. The van der Waals surface area contributed by atoms with Crippen LogP contribution >= 0.6 is 0 Å². The van der Waals surface area contributed by atoms with E-state index in [1.165, 1.54) is 0 Å². The number of hydrogen-bond donors (Lipinski definition) is 1. The van der Waals surface area contributed by atoms with Crippen LogP contribution in [-0.2, 0) is 11.3 Å². The highest BCUT2D eigenvalue weighted by Gasteiger charge is 2.14. The van der Waals surface area contributed by atoms with E-state index in [-0.39, 0.29) is 5.57 Å². The highest BCUT2D eigenvalue weighted by atomic mass is 16.5. The number of aryl methyl sites for hydroxylation is 1. The van der Waals surface area contributed by atoms with Crippen LogP contribution in [0.4, 0.5) is 0 Å². The first-order chi connectivity index (χ1) is 16.0. The van der Waals surface area contributed by atoms with Gasteiger partial charge in [0.2, 0.25) is 0 Å². The lowest BCUT2D eigenvalue weighted by atomic mass is 10.1. The molecule has 6 heteroatoms. The second-order valence-corrected chi connectivity index (χ2v) is 7.46. The van der Waals surface area contributed by atoms with Crippen molar-refractivity contribution >= 4 is 12.0 Å². The number of ether oxygens (including phenoxy) is 2. The molecule has 3 rings (SSSR count). The van der Waals surface area contributed by atoms with Crippen molar-refractivity contribution < 1.29 is 14.3 Å². The maximum atomic E-state index is 12.6. The van der Waals surface area contributed by atoms with E-state index in [4.69, 9.17) is 9.47 Å². The summed E-state index contributed by atoms with van der Waals surface area (Å²) in [6.07, 6.45) is 3.33. The van der Waals surface area contributed by atoms with Gasteiger partial charge in [0.15, 0.2) is 0 Å². The number of aromatic nitrogens is 1. The minimum atomic E-state index is -0.415. The number of nitriles is 1. The highest BCUT2D eigenvalue weighted by molar-refractivity contribution is 6.01. The Morgan fingerprint density at radius 2 is 1.79 bits per heavy atom. The normalized spacial score (nSPS) is 10.9. The predicted octanol–water partition coefficient (Wildman–Crippen LogP) is 4.89. The lowest BCUT2D eigenvalue weighted by molar-refractivity contribution is -0.117. The zero-order valence-corrected chi connectivity index (χ0v) is 19.1. The summed E-state index contributed by atoms with van der Waals surface area (Å²) in [4.78, 5) is 12.6. The first kappa shape index (κ1) is 23.4. The van der Waals surface area contributed by atoms with Crippen LogP contribution in [0, 0.1) is 25.2 Å². The average molecular weight is 442 g/mol. The SMILES string of the molecule is C=CCOc1ccc(-n2c(C)cc(/C=C(/C#N)C(=O)NCc3ccc(OC)cc3)c2C)cc1. The van der Waals surface area contributed by atoms with E-state index < -0.39 is 5.91 Å². The molecule has 0 spiro atoms. The minimum absolute atomic E-state index is 0.0527. The zero-order valence-electron chi connectivity index (χ0n) is 19.1. The van der Waals surface area contributed by atoms with Gasteiger partial charge in [0.1, 0.15) is 29.7 Å². The van der Waals surface area contributed by atoms with Crippen molar-refractivity contribution in [2.45, 2.75) is 20.4 Å². The smallest absolute Gasteiger partial charge is 0.262 e. The number of carbonyl (C=O) groups excluding carboxylic acids is 1. The summed E-state index contributed by atoms with van der Waals surface area (Å²) in [6.45, 7) is 8.38. The van der Waals surface area contributed by atoms with E-state index >= 15 is 0 Å². The Kier molecular flexibility index (Phi) is 7.72. The Morgan fingerprint density at radius 1 is 1.12 bits per heavy atom. The van der Waals surface area contributed by atoms with Crippen molar-refractivity contribution in [1.29, 1.82) is 5.26 Å². The lowest BCUT2D eigenvalue weighted by Gasteiger charge is -2.11. The van der Waals surface area contributed by atoms with Gasteiger partial charge in [-0.05, 0) is 73.5 Å². The van der Waals surface area contributed by atoms with Gasteiger partial charge in [0.05, 0.1) is 7.11 Å². The molecule has 1 N–H and O–H groups in total. The van der Waals surface area contributed by atoms with E-state index in [2.05, 4.69) is 16.5 Å². The number of rotatable bonds is 9. The van der Waals surface area contributed by atoms with Crippen molar-refractivity contribution in [2.75, 3.05) is 13.7 Å². The monoisotopic (exact) mass is 441 g/mol. The van der Waals surface area contributed by atoms with Crippen LogP contribution in [-0.4, -0.2) is 24.2 Å². The van der Waals surface area contributed by atoms with E-state index in [1.54, 1.807) is 19.3 Å². The summed E-state index contributed by atoms with van der Waals surface area (Å²) >= 11 is 0. The van der Waals surface area contributed by atoms with E-state index in [1.807, 2.05) is 74.5 Å². The summed E-state index contributed by atoms with van der Waals surface area (Å²) in [6, 6.07) is 19.1. The molecule has 1 amide bonds. The first-order valence-corrected chi connectivity index (χ1v) is 10.5. The molecule has 0 saturated heterocycles. The second-order valence-electron chi connectivity index (χ2n) is 7.46. The van der Waals surface area contributed by atoms with Gasteiger partial charge in [-0.1, -0.05) is 24.8 Å². The number of amides is 1. The topological polar surface area (TPSA) is 76.3 Å². The molecule has 168 valence electrons. The molecule has 1 aromatic heterocycles. The van der Waals surface area contributed by atoms with Gasteiger partial charge in [-0.3, -0.25) is 4.79 Å². The standard InChI is InChI=1S/C27H27N3O3/c1-5-14-33-26-12-8-24(9-13-26)30-19(2)15-22(20(30)3)16-23(17-28)27(31)29-18-21-6-10-25(32-4)11-7-21/h5-13,15-16H,1,14,18H2,2-4H3,(H,29,31)/b23-16-. The van der Waals surface area contributed by atoms with Gasteiger partial charge in [0.25, 0.3) is 5.91 Å². The van der Waals surface area contributed by atoms with Crippen LogP contribution in [0.3, 0.4) is 0 Å². The molecule has 0 aliphatic heterocycles. The fourth-order valence-electron chi connectivity index (χ4n) is 3.50. The fourth-order valence-corrected chi connectivity index (χ4v) is 3.50. The Balaban J connectivity index is 1.77. The molecule has 1 heterocycles. The number of hydrogen-bond acceptors (Lipinski definition) is 4. The van der Waals surface area contributed by atoms with Gasteiger partial charge < -0.3 is 19.4 Å². The molecule has 6 nitrogen and oxygen atoms in total. The molecule has 0 atom stereocenters. The Bertz CT molecular complexity index is 1200. The Morgan fingerprint density at radius 3 is 2.39 bits per heavy atom. The summed E-state index contributed by atoms with van der Waals surface area (Å²) in [5.41, 5.74) is 4.68. The van der Waals surface area contributed by atoms with Crippen LogP contribution in [0.2, 0.25) is 0 Å². The molecular formula is C27H27N3O3. The van der Waals surface area contributed by atoms with Gasteiger partial charge in [0, 0.05) is 23.6 Å². The average Bonchev–Trinajstić information content (AvgIpc) is 3.12. The molecule has 0 unspecified atom stereocenters. The van der Waals surface area contributed by atoms with E-state index in [0.29, 0.717) is 13.2 Å².